The Morgan fingerprint density at radius 1 is 1.12 bits per heavy atom. The van der Waals surface area contributed by atoms with Crippen LogP contribution >= 0.6 is 15.9 Å². The summed E-state index contributed by atoms with van der Waals surface area (Å²) in [5, 5.41) is 0. The summed E-state index contributed by atoms with van der Waals surface area (Å²) in [6.07, 6.45) is 6.19. The van der Waals surface area contributed by atoms with Gasteiger partial charge in [-0.05, 0) is 55.2 Å². The number of rotatable bonds is 3. The number of carbonyl (C=O) groups is 2. The summed E-state index contributed by atoms with van der Waals surface area (Å²) in [5.41, 5.74) is 1.22. The molecule has 1 heterocycles. The molecule has 2 aliphatic carbocycles. The van der Waals surface area contributed by atoms with Crippen LogP contribution in [0.3, 0.4) is 0 Å². The van der Waals surface area contributed by atoms with Crippen molar-refractivity contribution >= 4 is 27.8 Å². The molecule has 1 saturated heterocycles. The van der Waals surface area contributed by atoms with Crippen molar-refractivity contribution in [3.05, 3.63) is 34.3 Å². The second kappa shape index (κ2) is 6.75. The first kappa shape index (κ1) is 17.1. The van der Waals surface area contributed by atoms with Crippen molar-refractivity contribution in [3.8, 4) is 0 Å². The van der Waals surface area contributed by atoms with E-state index in [9.17, 15) is 9.59 Å². The van der Waals surface area contributed by atoms with E-state index in [1.807, 2.05) is 17.0 Å². The largest absolute Gasteiger partial charge is 0.467 e. The number of methoxy groups -OCH3 is 1. The molecule has 5 unspecified atom stereocenters. The number of ether oxygens (including phenoxy) is 1. The number of nitrogens with zero attached hydrogens (tertiary/aromatic N) is 1. The van der Waals surface area contributed by atoms with E-state index in [0.29, 0.717) is 11.8 Å². The molecule has 1 aromatic carbocycles. The van der Waals surface area contributed by atoms with Gasteiger partial charge < -0.3 is 9.64 Å². The van der Waals surface area contributed by atoms with Crippen molar-refractivity contribution in [1.29, 1.82) is 0 Å². The molecule has 4 nitrogen and oxygen atoms in total. The van der Waals surface area contributed by atoms with E-state index in [4.69, 9.17) is 4.74 Å². The lowest BCUT2D eigenvalue weighted by Gasteiger charge is -2.33. The van der Waals surface area contributed by atoms with Crippen LogP contribution in [0.1, 0.15) is 50.0 Å². The predicted octanol–water partition coefficient (Wildman–Crippen LogP) is 3.89. The highest BCUT2D eigenvalue weighted by molar-refractivity contribution is 9.10. The van der Waals surface area contributed by atoms with Gasteiger partial charge in [0.2, 0.25) is 5.91 Å². The molecule has 134 valence electrons. The van der Waals surface area contributed by atoms with Crippen LogP contribution in [0.5, 0.6) is 0 Å². The van der Waals surface area contributed by atoms with Gasteiger partial charge in [0.1, 0.15) is 6.04 Å². The summed E-state index contributed by atoms with van der Waals surface area (Å²) < 4.78 is 6.06. The topological polar surface area (TPSA) is 46.6 Å². The Balaban J connectivity index is 1.53. The normalized spacial score (nSPS) is 33.7. The minimum absolute atomic E-state index is 0.0222. The Morgan fingerprint density at radius 2 is 1.84 bits per heavy atom. The first-order chi connectivity index (χ1) is 12.1. The second-order valence-corrected chi connectivity index (χ2v) is 8.55. The zero-order valence-electron chi connectivity index (χ0n) is 14.5. The molecule has 3 fully saturated rings. The van der Waals surface area contributed by atoms with Crippen molar-refractivity contribution < 1.29 is 14.3 Å². The summed E-state index contributed by atoms with van der Waals surface area (Å²) in [7, 11) is 1.43. The molecule has 1 aromatic rings. The highest BCUT2D eigenvalue weighted by atomic mass is 79.9. The van der Waals surface area contributed by atoms with Crippen LogP contribution < -0.4 is 0 Å². The summed E-state index contributed by atoms with van der Waals surface area (Å²) in [5.74, 6) is 0.698. The number of carbonyl (C=O) groups excluding carboxylic acids is 2. The minimum atomic E-state index is -0.378. The second-order valence-electron chi connectivity index (χ2n) is 7.63. The van der Waals surface area contributed by atoms with Crippen molar-refractivity contribution in [1.82, 2.24) is 4.90 Å². The van der Waals surface area contributed by atoms with Crippen LogP contribution in [-0.2, 0) is 14.3 Å². The van der Waals surface area contributed by atoms with Crippen LogP contribution in [0.4, 0.5) is 0 Å². The van der Waals surface area contributed by atoms with E-state index in [2.05, 4.69) is 28.1 Å². The molecule has 5 heteroatoms. The standard InChI is InChI=1S/C20H24BrNO3/c1-25-20(24)18-10-13-4-2-3-5-17(13)22(18)19(23)16-11-15(16)12-6-8-14(21)9-7-12/h6-9,13,15-18H,2-5,10-11H2,1H3. The Kier molecular flexibility index (Phi) is 4.61. The number of hydrogen-bond acceptors (Lipinski definition) is 3. The average Bonchev–Trinajstić information content (AvgIpc) is 3.34. The molecule has 5 atom stereocenters. The fraction of sp³-hybridized carbons (Fsp3) is 0.600. The van der Waals surface area contributed by atoms with E-state index in [0.717, 1.165) is 36.6 Å². The molecule has 1 aliphatic heterocycles. The van der Waals surface area contributed by atoms with Crippen LogP contribution in [0.25, 0.3) is 0 Å². The maximum atomic E-state index is 13.3. The molecule has 3 aliphatic rings. The van der Waals surface area contributed by atoms with Crippen LogP contribution in [0, 0.1) is 11.8 Å². The molecular weight excluding hydrogens is 382 g/mol. The third kappa shape index (κ3) is 3.12. The average molecular weight is 406 g/mol. The minimum Gasteiger partial charge on any atom is -0.467 e. The summed E-state index contributed by atoms with van der Waals surface area (Å²) in [4.78, 5) is 27.5. The molecule has 0 bridgehead atoms. The predicted molar refractivity (Wildman–Crippen MR) is 98.0 cm³/mol. The Hall–Kier alpha value is -1.36. The molecule has 2 saturated carbocycles. The van der Waals surface area contributed by atoms with Gasteiger partial charge in [0, 0.05) is 16.4 Å². The first-order valence-corrected chi connectivity index (χ1v) is 10.0. The van der Waals surface area contributed by atoms with Gasteiger partial charge in [0.15, 0.2) is 0 Å². The van der Waals surface area contributed by atoms with Crippen molar-refractivity contribution in [2.45, 2.75) is 56.5 Å². The number of benzene rings is 1. The number of esters is 1. The van der Waals surface area contributed by atoms with Gasteiger partial charge in [0.05, 0.1) is 7.11 Å². The maximum Gasteiger partial charge on any atom is 0.328 e. The van der Waals surface area contributed by atoms with Gasteiger partial charge in [-0.3, -0.25) is 4.79 Å². The van der Waals surface area contributed by atoms with Crippen molar-refractivity contribution in [2.24, 2.45) is 11.8 Å². The number of fused-ring (bicyclic) bond motifs is 1. The van der Waals surface area contributed by atoms with Gasteiger partial charge in [0.25, 0.3) is 0 Å². The fourth-order valence-electron chi connectivity index (χ4n) is 4.86. The van der Waals surface area contributed by atoms with Crippen molar-refractivity contribution in [2.75, 3.05) is 7.11 Å². The highest BCUT2D eigenvalue weighted by Crippen LogP contribution is 2.51. The third-order valence-electron chi connectivity index (χ3n) is 6.22. The molecule has 0 radical (unpaired) electrons. The van der Waals surface area contributed by atoms with E-state index in [1.165, 1.54) is 19.1 Å². The monoisotopic (exact) mass is 405 g/mol. The zero-order valence-corrected chi connectivity index (χ0v) is 16.1. The number of amides is 1. The molecule has 0 N–H and O–H groups in total. The van der Waals surface area contributed by atoms with Gasteiger partial charge in [-0.15, -0.1) is 0 Å². The molecule has 1 amide bonds. The highest BCUT2D eigenvalue weighted by Gasteiger charge is 2.54. The van der Waals surface area contributed by atoms with Gasteiger partial charge in [-0.2, -0.15) is 0 Å². The van der Waals surface area contributed by atoms with Crippen LogP contribution in [0.15, 0.2) is 28.7 Å². The molecule has 4 rings (SSSR count). The molecule has 25 heavy (non-hydrogen) atoms. The van der Waals surface area contributed by atoms with Crippen LogP contribution in [-0.4, -0.2) is 36.0 Å². The Bertz CT molecular complexity index is 674. The van der Waals surface area contributed by atoms with Gasteiger partial charge in [-0.1, -0.05) is 40.9 Å². The van der Waals surface area contributed by atoms with Gasteiger partial charge >= 0.3 is 5.97 Å². The molecular formula is C20H24BrNO3. The zero-order chi connectivity index (χ0) is 17.6. The number of likely N-dealkylation sites (tertiary alicyclic amines) is 1. The lowest BCUT2D eigenvalue weighted by molar-refractivity contribution is -0.153. The quantitative estimate of drug-likeness (QED) is 0.716. The Labute approximate surface area is 157 Å². The molecule has 0 spiro atoms. The lowest BCUT2D eigenvalue weighted by Crippen LogP contribution is -2.47. The van der Waals surface area contributed by atoms with Gasteiger partial charge in [-0.25, -0.2) is 4.79 Å². The van der Waals surface area contributed by atoms with E-state index in [-0.39, 0.29) is 29.9 Å². The van der Waals surface area contributed by atoms with E-state index >= 15 is 0 Å². The third-order valence-corrected chi connectivity index (χ3v) is 6.75. The summed E-state index contributed by atoms with van der Waals surface area (Å²) >= 11 is 3.46. The SMILES string of the molecule is COC(=O)C1CC2CCCCC2N1C(=O)C1CC1c1ccc(Br)cc1. The van der Waals surface area contributed by atoms with E-state index in [1.54, 1.807) is 0 Å². The molecule has 0 aromatic heterocycles. The maximum absolute atomic E-state index is 13.3. The first-order valence-electron chi connectivity index (χ1n) is 9.25. The number of halogens is 1. The van der Waals surface area contributed by atoms with E-state index < -0.39 is 0 Å². The van der Waals surface area contributed by atoms with Crippen LogP contribution in [0.2, 0.25) is 0 Å². The summed E-state index contributed by atoms with van der Waals surface area (Å²) in [6, 6.07) is 8.09. The number of hydrogen-bond donors (Lipinski definition) is 0. The summed E-state index contributed by atoms with van der Waals surface area (Å²) in [6.45, 7) is 0. The smallest absolute Gasteiger partial charge is 0.328 e. The van der Waals surface area contributed by atoms with Crippen molar-refractivity contribution in [3.63, 3.8) is 0 Å². The fourth-order valence-corrected chi connectivity index (χ4v) is 5.13. The lowest BCUT2D eigenvalue weighted by atomic mass is 9.84. The Morgan fingerprint density at radius 3 is 2.56 bits per heavy atom.